The van der Waals surface area contributed by atoms with Crippen LogP contribution in [0.3, 0.4) is 0 Å². The van der Waals surface area contributed by atoms with Crippen molar-refractivity contribution in [3.63, 3.8) is 0 Å². The van der Waals surface area contributed by atoms with Crippen molar-refractivity contribution in [2.75, 3.05) is 6.54 Å². The molecule has 1 nitrogen and oxygen atoms in total. The van der Waals surface area contributed by atoms with E-state index in [1.54, 1.807) is 0 Å². The van der Waals surface area contributed by atoms with Crippen LogP contribution in [0.1, 0.15) is 32.1 Å². The Morgan fingerprint density at radius 1 is 1.09 bits per heavy atom. The fourth-order valence-electron chi connectivity index (χ4n) is 2.88. The summed E-state index contributed by atoms with van der Waals surface area (Å²) in [6.45, 7) is 0.938. The van der Waals surface area contributed by atoms with Gasteiger partial charge in [-0.25, -0.2) is 0 Å². The molecular weight excluding hydrogens is 158 g/mol. The highest BCUT2D eigenvalue weighted by molar-refractivity contribution is 5.85. The van der Waals surface area contributed by atoms with Crippen LogP contribution >= 0.6 is 12.4 Å². The van der Waals surface area contributed by atoms with E-state index in [1.807, 2.05) is 0 Å². The van der Waals surface area contributed by atoms with Crippen LogP contribution in [0.2, 0.25) is 0 Å². The second-order valence-corrected chi connectivity index (χ2v) is 4.02. The van der Waals surface area contributed by atoms with E-state index in [-0.39, 0.29) is 12.4 Å². The van der Waals surface area contributed by atoms with E-state index in [9.17, 15) is 0 Å². The Hall–Kier alpha value is 0.250. The molecular formula is C9H18ClN. The molecule has 0 aromatic carbocycles. The molecule has 2 saturated carbocycles. The van der Waals surface area contributed by atoms with Gasteiger partial charge in [-0.05, 0) is 37.1 Å². The van der Waals surface area contributed by atoms with E-state index < -0.39 is 0 Å². The lowest BCUT2D eigenvalue weighted by Crippen LogP contribution is -2.11. The van der Waals surface area contributed by atoms with E-state index in [0.29, 0.717) is 0 Å². The van der Waals surface area contributed by atoms with Gasteiger partial charge in [-0.3, -0.25) is 0 Å². The van der Waals surface area contributed by atoms with Gasteiger partial charge in [0.15, 0.2) is 0 Å². The van der Waals surface area contributed by atoms with Crippen LogP contribution in [0.4, 0.5) is 0 Å². The van der Waals surface area contributed by atoms with Crippen molar-refractivity contribution in [1.82, 2.24) is 0 Å². The van der Waals surface area contributed by atoms with Gasteiger partial charge in [-0.15, -0.1) is 12.4 Å². The number of halogens is 1. The molecule has 0 heterocycles. The first-order chi connectivity index (χ1) is 4.90. The minimum Gasteiger partial charge on any atom is -0.330 e. The van der Waals surface area contributed by atoms with E-state index >= 15 is 0 Å². The lowest BCUT2D eigenvalue weighted by Gasteiger charge is -2.05. The first-order valence-electron chi connectivity index (χ1n) is 4.60. The molecule has 0 radical (unpaired) electrons. The maximum atomic E-state index is 5.64. The number of hydrogen-bond acceptors (Lipinski definition) is 1. The van der Waals surface area contributed by atoms with Crippen molar-refractivity contribution in [2.45, 2.75) is 32.1 Å². The summed E-state index contributed by atoms with van der Waals surface area (Å²) in [6.07, 6.45) is 7.39. The second kappa shape index (κ2) is 3.77. The Kier molecular flexibility index (Phi) is 3.20. The molecule has 0 saturated heterocycles. The predicted molar refractivity (Wildman–Crippen MR) is 49.9 cm³/mol. The van der Waals surface area contributed by atoms with E-state index in [4.69, 9.17) is 5.73 Å². The van der Waals surface area contributed by atoms with Crippen molar-refractivity contribution in [2.24, 2.45) is 23.5 Å². The minimum atomic E-state index is 0. The summed E-state index contributed by atoms with van der Waals surface area (Å²) in [5.74, 6) is 3.04. The van der Waals surface area contributed by atoms with E-state index in [2.05, 4.69) is 0 Å². The smallest absolute Gasteiger partial charge is 0.00487 e. The SMILES string of the molecule is Cl.NCC1CC2CCCC2C1. The third kappa shape index (κ3) is 1.70. The van der Waals surface area contributed by atoms with E-state index in [1.165, 1.54) is 32.1 Å². The lowest BCUT2D eigenvalue weighted by molar-refractivity contribution is 0.457. The molecule has 0 aliphatic heterocycles. The molecule has 2 rings (SSSR count). The van der Waals surface area contributed by atoms with Gasteiger partial charge in [-0.2, -0.15) is 0 Å². The Bertz CT molecular complexity index is 115. The highest BCUT2D eigenvalue weighted by Crippen LogP contribution is 2.46. The molecule has 0 aromatic rings. The Morgan fingerprint density at radius 3 is 2.09 bits per heavy atom. The molecule has 2 heteroatoms. The molecule has 0 spiro atoms. The lowest BCUT2D eigenvalue weighted by atomic mass is 10.0. The fourth-order valence-corrected chi connectivity index (χ4v) is 2.88. The van der Waals surface area contributed by atoms with Crippen LogP contribution in [-0.2, 0) is 0 Å². The zero-order chi connectivity index (χ0) is 6.97. The van der Waals surface area contributed by atoms with Crippen molar-refractivity contribution < 1.29 is 0 Å². The van der Waals surface area contributed by atoms with Gasteiger partial charge in [0.25, 0.3) is 0 Å². The Labute approximate surface area is 75.1 Å². The summed E-state index contributed by atoms with van der Waals surface area (Å²) in [5.41, 5.74) is 5.64. The molecule has 0 amide bonds. The molecule has 2 fully saturated rings. The standard InChI is InChI=1S/C9H17N.ClH/c10-6-7-4-8-2-1-3-9(8)5-7;/h7-9H,1-6,10H2;1H. The highest BCUT2D eigenvalue weighted by Gasteiger charge is 2.36. The monoisotopic (exact) mass is 175 g/mol. The van der Waals surface area contributed by atoms with Gasteiger partial charge >= 0.3 is 0 Å². The topological polar surface area (TPSA) is 26.0 Å². The van der Waals surface area contributed by atoms with Crippen molar-refractivity contribution in [1.29, 1.82) is 0 Å². The molecule has 2 N–H and O–H groups in total. The first kappa shape index (κ1) is 9.34. The van der Waals surface area contributed by atoms with Crippen molar-refractivity contribution in [3.8, 4) is 0 Å². The molecule has 0 bridgehead atoms. The summed E-state index contributed by atoms with van der Waals surface area (Å²) < 4.78 is 0. The maximum absolute atomic E-state index is 5.64. The van der Waals surface area contributed by atoms with Gasteiger partial charge in [0.2, 0.25) is 0 Å². The number of hydrogen-bond donors (Lipinski definition) is 1. The number of fused-ring (bicyclic) bond motifs is 1. The summed E-state index contributed by atoms with van der Waals surface area (Å²) in [7, 11) is 0. The highest BCUT2D eigenvalue weighted by atomic mass is 35.5. The molecule has 66 valence electrons. The third-order valence-electron chi connectivity index (χ3n) is 3.42. The van der Waals surface area contributed by atoms with Gasteiger partial charge < -0.3 is 5.73 Å². The largest absolute Gasteiger partial charge is 0.330 e. The predicted octanol–water partition coefficient (Wildman–Crippen LogP) is 2.19. The molecule has 2 atom stereocenters. The summed E-state index contributed by atoms with van der Waals surface area (Å²) in [4.78, 5) is 0. The minimum absolute atomic E-state index is 0. The van der Waals surface area contributed by atoms with Crippen LogP contribution in [0.25, 0.3) is 0 Å². The molecule has 2 aliphatic carbocycles. The van der Waals surface area contributed by atoms with Crippen molar-refractivity contribution in [3.05, 3.63) is 0 Å². The molecule has 2 unspecified atom stereocenters. The van der Waals surface area contributed by atoms with Gasteiger partial charge in [0, 0.05) is 0 Å². The zero-order valence-corrected chi connectivity index (χ0v) is 7.78. The Balaban J connectivity index is 0.000000605. The molecule has 0 aromatic heterocycles. The van der Waals surface area contributed by atoms with Crippen LogP contribution in [0.5, 0.6) is 0 Å². The van der Waals surface area contributed by atoms with Crippen LogP contribution in [-0.4, -0.2) is 6.54 Å². The maximum Gasteiger partial charge on any atom is -0.00487 e. The van der Waals surface area contributed by atoms with Gasteiger partial charge in [0.1, 0.15) is 0 Å². The first-order valence-corrected chi connectivity index (χ1v) is 4.60. The van der Waals surface area contributed by atoms with Gasteiger partial charge in [0.05, 0.1) is 0 Å². The van der Waals surface area contributed by atoms with E-state index in [0.717, 1.165) is 24.3 Å². The second-order valence-electron chi connectivity index (χ2n) is 4.02. The summed E-state index contributed by atoms with van der Waals surface area (Å²) in [6, 6.07) is 0. The average molecular weight is 176 g/mol. The normalized spacial score (nSPS) is 41.7. The molecule has 11 heavy (non-hydrogen) atoms. The Morgan fingerprint density at radius 2 is 1.64 bits per heavy atom. The molecule has 2 aliphatic rings. The average Bonchev–Trinajstić information content (AvgIpc) is 2.42. The van der Waals surface area contributed by atoms with Crippen molar-refractivity contribution >= 4 is 12.4 Å². The summed E-state index contributed by atoms with van der Waals surface area (Å²) >= 11 is 0. The third-order valence-corrected chi connectivity index (χ3v) is 3.42. The van der Waals surface area contributed by atoms with Crippen LogP contribution < -0.4 is 5.73 Å². The van der Waals surface area contributed by atoms with Crippen LogP contribution in [0.15, 0.2) is 0 Å². The fraction of sp³-hybridized carbons (Fsp3) is 1.00. The van der Waals surface area contributed by atoms with Crippen LogP contribution in [0, 0.1) is 17.8 Å². The quantitative estimate of drug-likeness (QED) is 0.650. The zero-order valence-electron chi connectivity index (χ0n) is 6.96. The number of nitrogens with two attached hydrogens (primary N) is 1. The van der Waals surface area contributed by atoms with Gasteiger partial charge in [-0.1, -0.05) is 19.3 Å². The summed E-state index contributed by atoms with van der Waals surface area (Å²) in [5, 5.41) is 0. The number of rotatable bonds is 1.